The summed E-state index contributed by atoms with van der Waals surface area (Å²) in [5, 5.41) is 0. The van der Waals surface area contributed by atoms with Crippen LogP contribution in [0.5, 0.6) is 17.2 Å². The van der Waals surface area contributed by atoms with Gasteiger partial charge in [-0.1, -0.05) is 6.92 Å². The van der Waals surface area contributed by atoms with Crippen LogP contribution in [0.3, 0.4) is 0 Å². The molecule has 2 amide bonds. The van der Waals surface area contributed by atoms with Crippen molar-refractivity contribution in [3.05, 3.63) is 53.6 Å². The molecule has 2 rings (SSSR count). The monoisotopic (exact) mass is 412 g/mol. The number of halogens is 3. The molecule has 0 spiro atoms. The lowest BCUT2D eigenvalue weighted by Gasteiger charge is -2.12. The molecule has 0 aliphatic carbocycles. The van der Waals surface area contributed by atoms with Gasteiger partial charge in [0, 0.05) is 11.1 Å². The van der Waals surface area contributed by atoms with Crippen LogP contribution in [-0.2, 0) is 0 Å². The molecule has 2 N–H and O–H groups in total. The van der Waals surface area contributed by atoms with E-state index in [1.165, 1.54) is 19.2 Å². The van der Waals surface area contributed by atoms with Crippen molar-refractivity contribution in [1.82, 2.24) is 10.9 Å². The average Bonchev–Trinajstić information content (AvgIpc) is 2.69. The van der Waals surface area contributed by atoms with Crippen molar-refractivity contribution in [3.8, 4) is 17.2 Å². The minimum absolute atomic E-state index is 0.0284. The molecule has 0 atom stereocenters. The second kappa shape index (κ2) is 9.67. The maximum absolute atomic E-state index is 12.2. The van der Waals surface area contributed by atoms with Crippen LogP contribution in [0.4, 0.5) is 13.2 Å². The number of nitrogens with one attached hydrogen (secondary N) is 2. The fourth-order valence-corrected chi connectivity index (χ4v) is 2.21. The van der Waals surface area contributed by atoms with Crippen molar-refractivity contribution in [2.75, 3.05) is 13.7 Å². The van der Waals surface area contributed by atoms with Crippen molar-refractivity contribution in [2.24, 2.45) is 0 Å². The van der Waals surface area contributed by atoms with E-state index in [1.54, 1.807) is 6.07 Å². The minimum atomic E-state index is -4.82. The highest BCUT2D eigenvalue weighted by molar-refractivity contribution is 5.99. The van der Waals surface area contributed by atoms with E-state index in [9.17, 15) is 22.8 Å². The molecule has 0 unspecified atom stereocenters. The standard InChI is InChI=1S/C19H19F3N2O5/c1-3-10-28-15-9-6-13(11-16(15)27-2)18(26)24-23-17(25)12-4-7-14(8-5-12)29-19(20,21)22/h4-9,11H,3,10H2,1-2H3,(H,23,25)(H,24,26). The first-order chi connectivity index (χ1) is 13.7. The Labute approximate surface area is 164 Å². The molecule has 2 aromatic carbocycles. The van der Waals surface area contributed by atoms with Gasteiger partial charge < -0.3 is 14.2 Å². The largest absolute Gasteiger partial charge is 0.573 e. The van der Waals surface area contributed by atoms with Gasteiger partial charge in [0.25, 0.3) is 11.8 Å². The van der Waals surface area contributed by atoms with E-state index in [-0.39, 0.29) is 11.1 Å². The number of hydrogen-bond acceptors (Lipinski definition) is 5. The van der Waals surface area contributed by atoms with E-state index >= 15 is 0 Å². The Hall–Kier alpha value is -3.43. The molecule has 0 heterocycles. The first kappa shape index (κ1) is 21.9. The van der Waals surface area contributed by atoms with Gasteiger partial charge in [-0.25, -0.2) is 0 Å². The van der Waals surface area contributed by atoms with Gasteiger partial charge in [-0.05, 0) is 48.9 Å². The normalized spacial score (nSPS) is 10.8. The van der Waals surface area contributed by atoms with Crippen LogP contribution in [0.1, 0.15) is 34.1 Å². The topological polar surface area (TPSA) is 85.9 Å². The lowest BCUT2D eigenvalue weighted by atomic mass is 10.2. The molecule has 0 saturated carbocycles. The van der Waals surface area contributed by atoms with Gasteiger partial charge in [0.15, 0.2) is 11.5 Å². The van der Waals surface area contributed by atoms with Crippen molar-refractivity contribution >= 4 is 11.8 Å². The molecular weight excluding hydrogens is 393 g/mol. The van der Waals surface area contributed by atoms with Gasteiger partial charge >= 0.3 is 6.36 Å². The second-order valence-corrected chi connectivity index (χ2v) is 5.69. The zero-order valence-corrected chi connectivity index (χ0v) is 15.6. The van der Waals surface area contributed by atoms with Gasteiger partial charge in [-0.2, -0.15) is 0 Å². The fourth-order valence-electron chi connectivity index (χ4n) is 2.21. The van der Waals surface area contributed by atoms with Crippen LogP contribution in [0.15, 0.2) is 42.5 Å². The zero-order chi connectivity index (χ0) is 21.4. The number of hydrazine groups is 1. The van der Waals surface area contributed by atoms with Crippen LogP contribution in [-0.4, -0.2) is 31.9 Å². The smallest absolute Gasteiger partial charge is 0.493 e. The predicted octanol–water partition coefficient (Wildman–Crippen LogP) is 3.46. The molecule has 2 aromatic rings. The zero-order valence-electron chi connectivity index (χ0n) is 15.6. The van der Waals surface area contributed by atoms with Crippen LogP contribution in [0.2, 0.25) is 0 Å². The van der Waals surface area contributed by atoms with E-state index in [1.807, 2.05) is 6.92 Å². The van der Waals surface area contributed by atoms with Gasteiger partial charge in [-0.15, -0.1) is 13.2 Å². The molecule has 0 radical (unpaired) electrons. The molecule has 0 aliphatic heterocycles. The molecule has 0 fully saturated rings. The third-order valence-corrected chi connectivity index (χ3v) is 3.53. The Balaban J connectivity index is 1.97. The summed E-state index contributed by atoms with van der Waals surface area (Å²) in [6, 6.07) is 8.77. The molecule has 29 heavy (non-hydrogen) atoms. The second-order valence-electron chi connectivity index (χ2n) is 5.69. The SMILES string of the molecule is CCCOc1ccc(C(=O)NNC(=O)c2ccc(OC(F)(F)F)cc2)cc1OC. The van der Waals surface area contributed by atoms with Crippen molar-refractivity contribution < 1.29 is 37.0 Å². The van der Waals surface area contributed by atoms with Gasteiger partial charge in [-0.3, -0.25) is 20.4 Å². The summed E-state index contributed by atoms with van der Waals surface area (Å²) < 4.78 is 50.9. The lowest BCUT2D eigenvalue weighted by molar-refractivity contribution is -0.274. The molecule has 156 valence electrons. The highest BCUT2D eigenvalue weighted by Gasteiger charge is 2.31. The summed E-state index contributed by atoms with van der Waals surface area (Å²) in [4.78, 5) is 24.3. The fraction of sp³-hybridized carbons (Fsp3) is 0.263. The number of amides is 2. The summed E-state index contributed by atoms with van der Waals surface area (Å²) in [5.41, 5.74) is 4.63. The number of carbonyl (C=O) groups is 2. The number of ether oxygens (including phenoxy) is 3. The van der Waals surface area contributed by atoms with Crippen LogP contribution >= 0.6 is 0 Å². The van der Waals surface area contributed by atoms with Crippen molar-refractivity contribution in [3.63, 3.8) is 0 Å². The highest BCUT2D eigenvalue weighted by atomic mass is 19.4. The Morgan fingerprint density at radius 2 is 1.52 bits per heavy atom. The van der Waals surface area contributed by atoms with E-state index in [4.69, 9.17) is 9.47 Å². The van der Waals surface area contributed by atoms with E-state index < -0.39 is 23.9 Å². The number of benzene rings is 2. The van der Waals surface area contributed by atoms with Gasteiger partial charge in [0.1, 0.15) is 5.75 Å². The predicted molar refractivity (Wildman–Crippen MR) is 96.8 cm³/mol. The quantitative estimate of drug-likeness (QED) is 0.681. The number of methoxy groups -OCH3 is 1. The maximum atomic E-state index is 12.2. The van der Waals surface area contributed by atoms with Gasteiger partial charge in [0.2, 0.25) is 0 Å². The molecule has 10 heteroatoms. The van der Waals surface area contributed by atoms with Crippen molar-refractivity contribution in [2.45, 2.75) is 19.7 Å². The first-order valence-corrected chi connectivity index (χ1v) is 8.51. The highest BCUT2D eigenvalue weighted by Crippen LogP contribution is 2.28. The number of alkyl halides is 3. The van der Waals surface area contributed by atoms with Gasteiger partial charge in [0.05, 0.1) is 13.7 Å². The molecule has 0 saturated heterocycles. The molecule has 0 aromatic heterocycles. The maximum Gasteiger partial charge on any atom is 0.573 e. The van der Waals surface area contributed by atoms with Crippen LogP contribution in [0, 0.1) is 0 Å². The van der Waals surface area contributed by atoms with E-state index in [0.717, 1.165) is 30.7 Å². The lowest BCUT2D eigenvalue weighted by Crippen LogP contribution is -2.41. The van der Waals surface area contributed by atoms with Crippen molar-refractivity contribution in [1.29, 1.82) is 0 Å². The Morgan fingerprint density at radius 1 is 0.931 bits per heavy atom. The Kier molecular flexibility index (Phi) is 7.29. The summed E-state index contributed by atoms with van der Waals surface area (Å²) in [6.45, 7) is 2.44. The summed E-state index contributed by atoms with van der Waals surface area (Å²) in [5.74, 6) is -0.952. The molecule has 0 aliphatic rings. The number of hydrogen-bond donors (Lipinski definition) is 2. The third-order valence-electron chi connectivity index (χ3n) is 3.53. The summed E-state index contributed by atoms with van der Waals surface area (Å²) in [7, 11) is 1.43. The summed E-state index contributed by atoms with van der Waals surface area (Å²) in [6.07, 6.45) is -4.02. The average molecular weight is 412 g/mol. The molecule has 7 nitrogen and oxygen atoms in total. The number of carbonyl (C=O) groups excluding carboxylic acids is 2. The van der Waals surface area contributed by atoms with Crippen LogP contribution in [0.25, 0.3) is 0 Å². The van der Waals surface area contributed by atoms with Crippen LogP contribution < -0.4 is 25.1 Å². The molecule has 0 bridgehead atoms. The Bertz CT molecular complexity index is 854. The number of rotatable bonds is 7. The Morgan fingerprint density at radius 3 is 2.07 bits per heavy atom. The summed E-state index contributed by atoms with van der Waals surface area (Å²) >= 11 is 0. The molecular formula is C19H19F3N2O5. The van der Waals surface area contributed by atoms with E-state index in [0.29, 0.717) is 18.1 Å². The minimum Gasteiger partial charge on any atom is -0.493 e. The van der Waals surface area contributed by atoms with E-state index in [2.05, 4.69) is 15.6 Å². The third kappa shape index (κ3) is 6.59. The first-order valence-electron chi connectivity index (χ1n) is 8.51.